The van der Waals surface area contributed by atoms with Crippen LogP contribution in [-0.4, -0.2) is 37.1 Å². The minimum absolute atomic E-state index is 0.0417. The zero-order chi connectivity index (χ0) is 14.8. The Bertz CT molecular complexity index is 372. The molecular weight excluding hydrogens is 256 g/mol. The lowest BCUT2D eigenvalue weighted by Crippen LogP contribution is -2.05. The van der Waals surface area contributed by atoms with Crippen molar-refractivity contribution in [3.05, 3.63) is 0 Å². The van der Waals surface area contributed by atoms with E-state index in [1.165, 1.54) is 0 Å². The van der Waals surface area contributed by atoms with Crippen LogP contribution >= 0.6 is 0 Å². The van der Waals surface area contributed by atoms with E-state index in [9.17, 15) is 9.59 Å². The number of rotatable bonds is 5. The lowest BCUT2D eigenvalue weighted by Gasteiger charge is -1.93. The van der Waals surface area contributed by atoms with Crippen molar-refractivity contribution in [3.63, 3.8) is 0 Å². The molecule has 0 aliphatic carbocycles. The molecule has 8 N–H and O–H groups in total. The van der Waals surface area contributed by atoms with E-state index in [-0.39, 0.29) is 30.7 Å². The molecule has 0 saturated carbocycles. The minimum Gasteiger partial charge on any atom is -0.481 e. The van der Waals surface area contributed by atoms with E-state index in [2.05, 4.69) is 15.0 Å². The molecule has 10 heteroatoms. The van der Waals surface area contributed by atoms with E-state index >= 15 is 0 Å². The normalized spacial score (nSPS) is 9.26. The summed E-state index contributed by atoms with van der Waals surface area (Å²) in [5, 5.41) is 16.3. The van der Waals surface area contributed by atoms with E-state index in [0.717, 1.165) is 0 Å². The fraction of sp³-hybridized carbons (Fsp3) is 0.444. The summed E-state index contributed by atoms with van der Waals surface area (Å²) in [5.74, 6) is -1.62. The smallest absolute Gasteiger partial charge is 0.303 e. The molecule has 0 unspecified atom stereocenters. The number of carboxylic acids is 2. The Morgan fingerprint density at radius 1 is 0.789 bits per heavy atom. The second kappa shape index (κ2) is 8.44. The number of carbonyl (C=O) groups is 2. The Morgan fingerprint density at radius 2 is 1.05 bits per heavy atom. The van der Waals surface area contributed by atoms with Crippen molar-refractivity contribution >= 4 is 29.8 Å². The predicted molar refractivity (Wildman–Crippen MR) is 66.8 cm³/mol. The Labute approximate surface area is 108 Å². The van der Waals surface area contributed by atoms with Crippen molar-refractivity contribution in [2.75, 3.05) is 17.2 Å². The van der Waals surface area contributed by atoms with Crippen LogP contribution in [0.25, 0.3) is 0 Å². The molecule has 19 heavy (non-hydrogen) atoms. The fourth-order valence-electron chi connectivity index (χ4n) is 0.980. The standard InChI is InChI=1S/C6H10O4.C3H6N6/c7-5(8)3-1-2-4-6(9)10;4-1-7-2(5)9-3(6)8-1/h1-4H2,(H,7,8)(H,9,10);(H6,4,5,6,7,8,9). The molecule has 10 nitrogen and oxygen atoms in total. The van der Waals surface area contributed by atoms with Gasteiger partial charge >= 0.3 is 11.9 Å². The maximum absolute atomic E-state index is 9.90. The van der Waals surface area contributed by atoms with Crippen LogP contribution in [0.15, 0.2) is 0 Å². The van der Waals surface area contributed by atoms with Crippen molar-refractivity contribution in [2.45, 2.75) is 25.7 Å². The van der Waals surface area contributed by atoms with Gasteiger partial charge < -0.3 is 27.4 Å². The van der Waals surface area contributed by atoms with E-state index in [0.29, 0.717) is 12.8 Å². The average Bonchev–Trinajstić information content (AvgIpc) is 2.22. The first kappa shape index (κ1) is 16.4. The first-order valence-electron chi connectivity index (χ1n) is 5.27. The molecule has 0 bridgehead atoms. The number of aromatic nitrogens is 3. The summed E-state index contributed by atoms with van der Waals surface area (Å²) >= 11 is 0. The molecule has 0 radical (unpaired) electrons. The first-order valence-corrected chi connectivity index (χ1v) is 5.27. The monoisotopic (exact) mass is 272 g/mol. The Morgan fingerprint density at radius 3 is 1.26 bits per heavy atom. The van der Waals surface area contributed by atoms with E-state index in [1.54, 1.807) is 0 Å². The molecule has 106 valence electrons. The molecule has 1 aromatic rings. The number of aliphatic carboxylic acids is 2. The molecule has 0 atom stereocenters. The highest BCUT2D eigenvalue weighted by Gasteiger charge is 1.99. The summed E-state index contributed by atoms with van der Waals surface area (Å²) in [4.78, 5) is 30.3. The summed E-state index contributed by atoms with van der Waals surface area (Å²) in [6.45, 7) is 0. The van der Waals surface area contributed by atoms with Crippen LogP contribution in [0.2, 0.25) is 0 Å². The van der Waals surface area contributed by atoms with Gasteiger partial charge in [0, 0.05) is 12.8 Å². The molecule has 1 rings (SSSR count). The average molecular weight is 272 g/mol. The number of anilines is 3. The van der Waals surface area contributed by atoms with Crippen LogP contribution in [0, 0.1) is 0 Å². The van der Waals surface area contributed by atoms with E-state index < -0.39 is 11.9 Å². The highest BCUT2D eigenvalue weighted by molar-refractivity contribution is 5.67. The van der Waals surface area contributed by atoms with Gasteiger partial charge in [-0.25, -0.2) is 0 Å². The molecule has 1 heterocycles. The molecule has 0 saturated heterocycles. The molecule has 0 aliphatic rings. The van der Waals surface area contributed by atoms with Crippen LogP contribution in [-0.2, 0) is 9.59 Å². The summed E-state index contributed by atoms with van der Waals surface area (Å²) in [7, 11) is 0. The van der Waals surface area contributed by atoms with Crippen LogP contribution < -0.4 is 17.2 Å². The molecular formula is C9H16N6O4. The number of unbranched alkanes of at least 4 members (excludes halogenated alkanes) is 1. The predicted octanol–water partition coefficient (Wildman–Crippen LogP) is -0.666. The lowest BCUT2D eigenvalue weighted by molar-refractivity contribution is -0.139. The molecule has 1 aromatic heterocycles. The van der Waals surface area contributed by atoms with Crippen LogP contribution in [0.1, 0.15) is 25.7 Å². The number of nitrogens with zero attached hydrogens (tertiary/aromatic N) is 3. The van der Waals surface area contributed by atoms with Crippen LogP contribution in [0.5, 0.6) is 0 Å². The summed E-state index contributed by atoms with van der Waals surface area (Å²) in [6, 6.07) is 0. The zero-order valence-corrected chi connectivity index (χ0v) is 10.1. The molecule has 0 fully saturated rings. The molecule has 0 amide bonds. The highest BCUT2D eigenvalue weighted by atomic mass is 16.4. The summed E-state index contributed by atoms with van der Waals surface area (Å²) in [5.41, 5.74) is 15.4. The topological polar surface area (TPSA) is 191 Å². The SMILES string of the molecule is Nc1nc(N)nc(N)n1.O=C(O)CCCCC(=O)O. The zero-order valence-electron chi connectivity index (χ0n) is 10.1. The minimum atomic E-state index is -0.870. The number of hydrogen-bond acceptors (Lipinski definition) is 8. The van der Waals surface area contributed by atoms with Gasteiger partial charge in [-0.05, 0) is 12.8 Å². The quantitative estimate of drug-likeness (QED) is 0.429. The van der Waals surface area contributed by atoms with Gasteiger partial charge in [-0.2, -0.15) is 15.0 Å². The van der Waals surface area contributed by atoms with Gasteiger partial charge in [-0.15, -0.1) is 0 Å². The number of hydrogen-bond donors (Lipinski definition) is 5. The third-order valence-corrected chi connectivity index (χ3v) is 1.72. The maximum atomic E-state index is 9.90. The number of nitrogens with two attached hydrogens (primary N) is 3. The molecule has 0 spiro atoms. The van der Waals surface area contributed by atoms with Gasteiger partial charge in [0.1, 0.15) is 0 Å². The molecule has 0 aliphatic heterocycles. The second-order valence-corrected chi connectivity index (χ2v) is 3.40. The van der Waals surface area contributed by atoms with Gasteiger partial charge in [0.05, 0.1) is 0 Å². The number of carboxylic acid groups (broad SMARTS) is 2. The van der Waals surface area contributed by atoms with Gasteiger partial charge in [0.25, 0.3) is 0 Å². The van der Waals surface area contributed by atoms with Crippen molar-refractivity contribution in [1.29, 1.82) is 0 Å². The number of nitrogen functional groups attached to an aromatic ring is 3. The van der Waals surface area contributed by atoms with Gasteiger partial charge in [-0.1, -0.05) is 0 Å². The second-order valence-electron chi connectivity index (χ2n) is 3.40. The van der Waals surface area contributed by atoms with Gasteiger partial charge in [0.2, 0.25) is 17.8 Å². The van der Waals surface area contributed by atoms with Gasteiger partial charge in [0.15, 0.2) is 0 Å². The van der Waals surface area contributed by atoms with Crippen molar-refractivity contribution in [2.24, 2.45) is 0 Å². The maximum Gasteiger partial charge on any atom is 0.303 e. The van der Waals surface area contributed by atoms with Crippen molar-refractivity contribution in [1.82, 2.24) is 15.0 Å². The van der Waals surface area contributed by atoms with Crippen molar-refractivity contribution in [3.8, 4) is 0 Å². The first-order chi connectivity index (χ1) is 8.81. The largest absolute Gasteiger partial charge is 0.481 e. The molecule has 0 aromatic carbocycles. The fourth-order valence-corrected chi connectivity index (χ4v) is 0.980. The van der Waals surface area contributed by atoms with Crippen molar-refractivity contribution < 1.29 is 19.8 Å². The van der Waals surface area contributed by atoms with E-state index in [1.807, 2.05) is 0 Å². The summed E-state index contributed by atoms with van der Waals surface area (Å²) < 4.78 is 0. The highest BCUT2D eigenvalue weighted by Crippen LogP contribution is 1.99. The van der Waals surface area contributed by atoms with Gasteiger partial charge in [-0.3, -0.25) is 9.59 Å². The van der Waals surface area contributed by atoms with E-state index in [4.69, 9.17) is 27.4 Å². The Balaban J connectivity index is 0.000000342. The van der Waals surface area contributed by atoms with Crippen LogP contribution in [0.4, 0.5) is 17.8 Å². The third kappa shape index (κ3) is 10.2. The lowest BCUT2D eigenvalue weighted by atomic mass is 10.2. The Kier molecular flexibility index (Phi) is 7.26. The Hall–Kier alpha value is -2.65. The third-order valence-electron chi connectivity index (χ3n) is 1.72. The summed E-state index contributed by atoms with van der Waals surface area (Å²) in [6.07, 6.45) is 1.02. The van der Waals surface area contributed by atoms with Crippen LogP contribution in [0.3, 0.4) is 0 Å².